The Morgan fingerprint density at radius 3 is 2.67 bits per heavy atom. The standard InChI is InChI=1S/C14H21FN2O/c1-4-14(3,7-8-16)17-13(18)11-5-6-12(15)10(2)9-11/h5-6,9H,4,7-8,16H2,1-3H3,(H,17,18). The van der Waals surface area contributed by atoms with Crippen LogP contribution in [0.25, 0.3) is 0 Å². The Hall–Kier alpha value is -1.42. The van der Waals surface area contributed by atoms with Crippen LogP contribution in [0.3, 0.4) is 0 Å². The van der Waals surface area contributed by atoms with Crippen molar-refractivity contribution < 1.29 is 9.18 Å². The van der Waals surface area contributed by atoms with Gasteiger partial charge in [-0.15, -0.1) is 0 Å². The van der Waals surface area contributed by atoms with Gasteiger partial charge < -0.3 is 11.1 Å². The highest BCUT2D eigenvalue weighted by Crippen LogP contribution is 2.16. The highest BCUT2D eigenvalue weighted by atomic mass is 19.1. The van der Waals surface area contributed by atoms with Gasteiger partial charge in [0.2, 0.25) is 0 Å². The topological polar surface area (TPSA) is 55.1 Å². The van der Waals surface area contributed by atoms with Gasteiger partial charge in [-0.1, -0.05) is 6.92 Å². The van der Waals surface area contributed by atoms with Crippen LogP contribution in [0, 0.1) is 12.7 Å². The molecule has 0 aliphatic carbocycles. The minimum absolute atomic E-state index is 0.184. The molecular formula is C14H21FN2O. The van der Waals surface area contributed by atoms with E-state index in [1.54, 1.807) is 13.0 Å². The molecule has 0 aliphatic heterocycles. The fourth-order valence-electron chi connectivity index (χ4n) is 1.78. The number of carbonyl (C=O) groups is 1. The molecule has 1 unspecified atom stereocenters. The molecule has 3 nitrogen and oxygen atoms in total. The lowest BCUT2D eigenvalue weighted by atomic mass is 9.94. The number of halogens is 1. The summed E-state index contributed by atoms with van der Waals surface area (Å²) in [5.74, 6) is -0.484. The predicted octanol–water partition coefficient (Wildman–Crippen LogP) is 2.38. The molecule has 18 heavy (non-hydrogen) atoms. The second kappa shape index (κ2) is 5.96. The maximum atomic E-state index is 13.1. The van der Waals surface area contributed by atoms with Crippen LogP contribution in [0.1, 0.15) is 42.6 Å². The van der Waals surface area contributed by atoms with E-state index in [1.165, 1.54) is 12.1 Å². The van der Waals surface area contributed by atoms with Crippen LogP contribution in [0.4, 0.5) is 4.39 Å². The second-order valence-corrected chi connectivity index (χ2v) is 4.87. The predicted molar refractivity (Wildman–Crippen MR) is 71.0 cm³/mol. The largest absolute Gasteiger partial charge is 0.347 e. The summed E-state index contributed by atoms with van der Waals surface area (Å²) in [6.45, 7) is 6.14. The molecule has 0 spiro atoms. The SMILES string of the molecule is CCC(C)(CCN)NC(=O)c1ccc(F)c(C)c1. The van der Waals surface area contributed by atoms with Gasteiger partial charge in [0.15, 0.2) is 0 Å². The third kappa shape index (κ3) is 3.53. The maximum absolute atomic E-state index is 13.1. The molecular weight excluding hydrogens is 231 g/mol. The van der Waals surface area contributed by atoms with Crippen molar-refractivity contribution in [2.75, 3.05) is 6.54 Å². The fourth-order valence-corrected chi connectivity index (χ4v) is 1.78. The van der Waals surface area contributed by atoms with Crippen molar-refractivity contribution >= 4 is 5.91 Å². The zero-order valence-corrected chi connectivity index (χ0v) is 11.2. The molecule has 0 saturated heterocycles. The zero-order chi connectivity index (χ0) is 13.8. The minimum Gasteiger partial charge on any atom is -0.347 e. The highest BCUT2D eigenvalue weighted by Gasteiger charge is 2.24. The van der Waals surface area contributed by atoms with E-state index in [0.717, 1.165) is 12.8 Å². The highest BCUT2D eigenvalue weighted by molar-refractivity contribution is 5.94. The average molecular weight is 252 g/mol. The summed E-state index contributed by atoms with van der Waals surface area (Å²) in [7, 11) is 0. The Morgan fingerprint density at radius 1 is 1.50 bits per heavy atom. The number of rotatable bonds is 5. The van der Waals surface area contributed by atoms with Crippen molar-refractivity contribution in [1.29, 1.82) is 0 Å². The Bertz CT molecular complexity index is 434. The molecule has 4 heteroatoms. The lowest BCUT2D eigenvalue weighted by Gasteiger charge is -2.29. The number of aryl methyl sites for hydroxylation is 1. The molecule has 0 aromatic heterocycles. The third-order valence-electron chi connectivity index (χ3n) is 3.31. The normalized spacial score (nSPS) is 14.1. The lowest BCUT2D eigenvalue weighted by molar-refractivity contribution is 0.0900. The Morgan fingerprint density at radius 2 is 2.17 bits per heavy atom. The van der Waals surface area contributed by atoms with Crippen LogP contribution in [0.5, 0.6) is 0 Å². The van der Waals surface area contributed by atoms with E-state index < -0.39 is 0 Å². The van der Waals surface area contributed by atoms with Gasteiger partial charge in [-0.25, -0.2) is 4.39 Å². The van der Waals surface area contributed by atoms with Crippen molar-refractivity contribution in [3.05, 3.63) is 35.1 Å². The van der Waals surface area contributed by atoms with Gasteiger partial charge >= 0.3 is 0 Å². The van der Waals surface area contributed by atoms with Crippen LogP contribution in [-0.4, -0.2) is 18.0 Å². The van der Waals surface area contributed by atoms with E-state index in [-0.39, 0.29) is 17.3 Å². The maximum Gasteiger partial charge on any atom is 0.251 e. The molecule has 1 amide bonds. The summed E-state index contributed by atoms with van der Waals surface area (Å²) in [5, 5.41) is 2.97. The van der Waals surface area contributed by atoms with Crippen molar-refractivity contribution in [2.45, 2.75) is 39.2 Å². The van der Waals surface area contributed by atoms with E-state index in [4.69, 9.17) is 5.73 Å². The van der Waals surface area contributed by atoms with Crippen molar-refractivity contribution in [3.63, 3.8) is 0 Å². The van der Waals surface area contributed by atoms with Crippen molar-refractivity contribution in [1.82, 2.24) is 5.32 Å². The van der Waals surface area contributed by atoms with Crippen LogP contribution in [-0.2, 0) is 0 Å². The van der Waals surface area contributed by atoms with Gasteiger partial charge in [-0.05, 0) is 57.0 Å². The first-order valence-corrected chi connectivity index (χ1v) is 6.20. The van der Waals surface area contributed by atoms with Crippen LogP contribution < -0.4 is 11.1 Å². The molecule has 0 fully saturated rings. The first-order valence-electron chi connectivity index (χ1n) is 6.20. The monoisotopic (exact) mass is 252 g/mol. The summed E-state index contributed by atoms with van der Waals surface area (Å²) in [4.78, 5) is 12.1. The number of hydrogen-bond acceptors (Lipinski definition) is 2. The van der Waals surface area contributed by atoms with Crippen LogP contribution in [0.2, 0.25) is 0 Å². The summed E-state index contributed by atoms with van der Waals surface area (Å²) in [6, 6.07) is 4.37. The quantitative estimate of drug-likeness (QED) is 0.845. The summed E-state index contributed by atoms with van der Waals surface area (Å²) < 4.78 is 13.1. The van der Waals surface area contributed by atoms with Gasteiger partial charge in [-0.2, -0.15) is 0 Å². The molecule has 1 aromatic rings. The molecule has 0 heterocycles. The van der Waals surface area contributed by atoms with Crippen LogP contribution >= 0.6 is 0 Å². The Kier molecular flexibility index (Phi) is 4.84. The molecule has 1 rings (SSSR count). The number of nitrogens with two attached hydrogens (primary N) is 1. The molecule has 0 aliphatic rings. The second-order valence-electron chi connectivity index (χ2n) is 4.87. The number of hydrogen-bond donors (Lipinski definition) is 2. The molecule has 3 N–H and O–H groups in total. The van der Waals surface area contributed by atoms with Gasteiger partial charge in [0.05, 0.1) is 0 Å². The Balaban J connectivity index is 2.84. The first-order chi connectivity index (χ1) is 8.41. The van der Waals surface area contributed by atoms with Crippen molar-refractivity contribution in [3.8, 4) is 0 Å². The molecule has 1 atom stereocenters. The number of benzene rings is 1. The molecule has 0 bridgehead atoms. The van der Waals surface area contributed by atoms with E-state index in [2.05, 4.69) is 5.32 Å². The summed E-state index contributed by atoms with van der Waals surface area (Å²) >= 11 is 0. The van der Waals surface area contributed by atoms with Gasteiger partial charge in [0.1, 0.15) is 5.82 Å². The fraction of sp³-hybridized carbons (Fsp3) is 0.500. The number of nitrogens with one attached hydrogen (secondary N) is 1. The molecule has 1 aromatic carbocycles. The van der Waals surface area contributed by atoms with Crippen LogP contribution in [0.15, 0.2) is 18.2 Å². The van der Waals surface area contributed by atoms with Gasteiger partial charge in [0, 0.05) is 11.1 Å². The molecule has 0 radical (unpaired) electrons. The van der Waals surface area contributed by atoms with E-state index in [1.807, 2.05) is 13.8 Å². The minimum atomic E-state index is -0.311. The summed E-state index contributed by atoms with van der Waals surface area (Å²) in [6.07, 6.45) is 1.52. The number of amides is 1. The average Bonchev–Trinajstić information content (AvgIpc) is 2.32. The summed E-state index contributed by atoms with van der Waals surface area (Å²) in [5.41, 5.74) is 6.19. The van der Waals surface area contributed by atoms with Gasteiger partial charge in [-0.3, -0.25) is 4.79 Å². The van der Waals surface area contributed by atoms with E-state index >= 15 is 0 Å². The first kappa shape index (κ1) is 14.6. The lowest BCUT2D eigenvalue weighted by Crippen LogP contribution is -2.46. The number of carbonyl (C=O) groups excluding carboxylic acids is 1. The van der Waals surface area contributed by atoms with E-state index in [9.17, 15) is 9.18 Å². The molecule has 100 valence electrons. The third-order valence-corrected chi connectivity index (χ3v) is 3.31. The Labute approximate surface area is 108 Å². The smallest absolute Gasteiger partial charge is 0.251 e. The van der Waals surface area contributed by atoms with Crippen molar-refractivity contribution in [2.24, 2.45) is 5.73 Å². The van der Waals surface area contributed by atoms with Gasteiger partial charge in [0.25, 0.3) is 5.91 Å². The molecule has 0 saturated carbocycles. The van der Waals surface area contributed by atoms with E-state index in [0.29, 0.717) is 17.7 Å². The zero-order valence-electron chi connectivity index (χ0n) is 11.2.